The van der Waals surface area contributed by atoms with E-state index in [9.17, 15) is 4.79 Å². The molecule has 0 N–H and O–H groups in total. The Morgan fingerprint density at radius 2 is 1.89 bits per heavy atom. The summed E-state index contributed by atoms with van der Waals surface area (Å²) in [7, 11) is -1.87. The van der Waals surface area contributed by atoms with Gasteiger partial charge < -0.3 is 23.4 Å². The van der Waals surface area contributed by atoms with Crippen molar-refractivity contribution in [2.45, 2.75) is 135 Å². The molecule has 0 amide bonds. The molecule has 0 saturated carbocycles. The van der Waals surface area contributed by atoms with Gasteiger partial charge in [0.25, 0.3) is 0 Å². The number of carbonyl (C=O) groups is 1. The molecule has 7 heteroatoms. The van der Waals surface area contributed by atoms with Crippen LogP contribution in [0.15, 0.2) is 30.3 Å². The molecule has 0 radical (unpaired) electrons. The average Bonchev–Trinajstić information content (AvgIpc) is 2.81. The Kier molecular flexibility index (Phi) is 10.4. The highest BCUT2D eigenvalue weighted by molar-refractivity contribution is 6.74. The van der Waals surface area contributed by atoms with Crippen LogP contribution in [0.25, 0.3) is 0 Å². The molecule has 0 unspecified atom stereocenters. The fourth-order valence-corrected chi connectivity index (χ4v) is 6.64. The summed E-state index contributed by atoms with van der Waals surface area (Å²) in [5, 5.41) is 0.169. The van der Waals surface area contributed by atoms with E-state index in [0.717, 1.165) is 37.7 Å². The van der Waals surface area contributed by atoms with Crippen LogP contribution in [0.3, 0.4) is 0 Å². The second-order valence-electron chi connectivity index (χ2n) is 12.6. The summed E-state index contributed by atoms with van der Waals surface area (Å²) in [5.41, 5.74) is 1.12. The monoisotopic (exact) mass is 534 g/mol. The zero-order valence-electron chi connectivity index (χ0n) is 24.4. The molecule has 2 fully saturated rings. The van der Waals surface area contributed by atoms with Gasteiger partial charge in [-0.15, -0.1) is 0 Å². The minimum absolute atomic E-state index is 0.0135. The molecule has 37 heavy (non-hydrogen) atoms. The molecule has 1 aromatic rings. The van der Waals surface area contributed by atoms with Crippen molar-refractivity contribution in [3.63, 3.8) is 0 Å². The molecule has 210 valence electrons. The van der Waals surface area contributed by atoms with Crippen molar-refractivity contribution in [1.29, 1.82) is 0 Å². The predicted octanol–water partition coefficient (Wildman–Crippen LogP) is 7.02. The summed E-state index contributed by atoms with van der Waals surface area (Å²) in [4.78, 5) is 11.9. The maximum absolute atomic E-state index is 11.9. The van der Waals surface area contributed by atoms with Crippen LogP contribution in [-0.2, 0) is 34.8 Å². The third-order valence-corrected chi connectivity index (χ3v) is 13.0. The Bertz CT molecular complexity index is 853. The van der Waals surface area contributed by atoms with Gasteiger partial charge in [0, 0.05) is 31.8 Å². The molecule has 3 rings (SSSR count). The zero-order chi connectivity index (χ0) is 27.3. The van der Waals surface area contributed by atoms with Gasteiger partial charge >= 0.3 is 5.97 Å². The average molecular weight is 535 g/mol. The molecule has 1 aromatic carbocycles. The minimum Gasteiger partial charge on any atom is -0.462 e. The molecule has 0 aliphatic carbocycles. The van der Waals surface area contributed by atoms with Gasteiger partial charge in [-0.05, 0) is 49.4 Å². The van der Waals surface area contributed by atoms with Crippen LogP contribution in [0.1, 0.15) is 85.6 Å². The van der Waals surface area contributed by atoms with Gasteiger partial charge in [0.05, 0.1) is 25.4 Å². The lowest BCUT2D eigenvalue weighted by Gasteiger charge is -2.50. The molecule has 2 saturated heterocycles. The van der Waals surface area contributed by atoms with E-state index in [1.807, 2.05) is 18.2 Å². The lowest BCUT2D eigenvalue weighted by atomic mass is 9.84. The van der Waals surface area contributed by atoms with Crippen molar-refractivity contribution in [2.75, 3.05) is 6.61 Å². The van der Waals surface area contributed by atoms with Gasteiger partial charge in [0.2, 0.25) is 0 Å². The smallest absolute Gasteiger partial charge is 0.302 e. The Balaban J connectivity index is 1.69. The number of esters is 1. The van der Waals surface area contributed by atoms with Crippen molar-refractivity contribution >= 4 is 14.3 Å². The van der Waals surface area contributed by atoms with Gasteiger partial charge in [-0.25, -0.2) is 0 Å². The van der Waals surface area contributed by atoms with E-state index in [4.69, 9.17) is 23.4 Å². The number of ether oxygens (including phenoxy) is 4. The third kappa shape index (κ3) is 8.36. The summed E-state index contributed by atoms with van der Waals surface area (Å²) in [6.45, 7) is 18.2. The number of rotatable bonds is 10. The minimum atomic E-state index is -1.87. The highest BCUT2D eigenvalue weighted by Crippen LogP contribution is 2.44. The molecule has 1 spiro atoms. The molecular weight excluding hydrogens is 484 g/mol. The predicted molar refractivity (Wildman–Crippen MR) is 149 cm³/mol. The van der Waals surface area contributed by atoms with Gasteiger partial charge in [-0.3, -0.25) is 4.79 Å². The third-order valence-electron chi connectivity index (χ3n) is 8.48. The molecular formula is C30H50O6Si. The second-order valence-corrected chi connectivity index (χ2v) is 17.3. The first-order valence-electron chi connectivity index (χ1n) is 14.2. The Hall–Kier alpha value is -1.25. The summed E-state index contributed by atoms with van der Waals surface area (Å²) >= 11 is 0. The second kappa shape index (κ2) is 12.7. The quantitative estimate of drug-likeness (QED) is 0.237. The summed E-state index contributed by atoms with van der Waals surface area (Å²) in [5.74, 6) is -1.01. The van der Waals surface area contributed by atoms with Crippen LogP contribution in [0.2, 0.25) is 18.1 Å². The fourth-order valence-electron chi connectivity index (χ4n) is 5.19. The van der Waals surface area contributed by atoms with E-state index in [1.165, 1.54) is 6.92 Å². The molecule has 0 bridgehead atoms. The van der Waals surface area contributed by atoms with E-state index < -0.39 is 14.1 Å². The van der Waals surface area contributed by atoms with Crippen LogP contribution in [0.5, 0.6) is 0 Å². The van der Waals surface area contributed by atoms with E-state index in [-0.39, 0.29) is 41.3 Å². The number of hydrogen-bond donors (Lipinski definition) is 0. The summed E-state index contributed by atoms with van der Waals surface area (Å²) < 4.78 is 32.1. The van der Waals surface area contributed by atoms with Crippen LogP contribution >= 0.6 is 0 Å². The molecule has 2 aliphatic rings. The summed E-state index contributed by atoms with van der Waals surface area (Å²) in [6.07, 6.45) is 4.92. The maximum Gasteiger partial charge on any atom is 0.302 e. The van der Waals surface area contributed by atoms with Crippen LogP contribution < -0.4 is 0 Å². The number of benzene rings is 1. The van der Waals surface area contributed by atoms with Crippen molar-refractivity contribution in [2.24, 2.45) is 5.92 Å². The zero-order valence-corrected chi connectivity index (χ0v) is 25.4. The largest absolute Gasteiger partial charge is 0.462 e. The van der Waals surface area contributed by atoms with Gasteiger partial charge in [0.1, 0.15) is 6.10 Å². The fraction of sp³-hybridized carbons (Fsp3) is 0.767. The topological polar surface area (TPSA) is 63.2 Å². The molecule has 0 aromatic heterocycles. The first-order valence-corrected chi connectivity index (χ1v) is 17.1. The standard InChI is InChI=1S/C30H50O6Si/c1-9-25(36-37(7,8)29(4,5)6)18-26-16-13-17-30(34-26)19-27(33-23(3)31)22(2)28(35-30)21-32-20-24-14-11-10-12-15-24/h10-12,14-15,22,25-28H,9,13,16-21H2,1-8H3/t22-,25+,26+,27-,28-,30+/m0/s1. The van der Waals surface area contributed by atoms with Crippen LogP contribution in [0.4, 0.5) is 0 Å². The Morgan fingerprint density at radius 1 is 1.19 bits per heavy atom. The van der Waals surface area contributed by atoms with Crippen LogP contribution in [-0.4, -0.2) is 51.1 Å². The van der Waals surface area contributed by atoms with Crippen LogP contribution in [0, 0.1) is 5.92 Å². The molecule has 2 heterocycles. The van der Waals surface area contributed by atoms with E-state index >= 15 is 0 Å². The van der Waals surface area contributed by atoms with Crippen molar-refractivity contribution in [1.82, 2.24) is 0 Å². The maximum atomic E-state index is 11.9. The number of carbonyl (C=O) groups excluding carboxylic acids is 1. The van der Waals surface area contributed by atoms with E-state index in [0.29, 0.717) is 19.6 Å². The van der Waals surface area contributed by atoms with Crippen molar-refractivity contribution in [3.05, 3.63) is 35.9 Å². The Labute approximate surface area is 225 Å². The molecule has 6 nitrogen and oxygen atoms in total. The highest BCUT2D eigenvalue weighted by atomic mass is 28.4. The van der Waals surface area contributed by atoms with Gasteiger partial charge in [-0.2, -0.15) is 0 Å². The van der Waals surface area contributed by atoms with E-state index in [2.05, 4.69) is 59.8 Å². The normalized spacial score (nSPS) is 29.7. The Morgan fingerprint density at radius 3 is 2.51 bits per heavy atom. The van der Waals surface area contributed by atoms with E-state index in [1.54, 1.807) is 0 Å². The highest BCUT2D eigenvalue weighted by Gasteiger charge is 2.50. The van der Waals surface area contributed by atoms with Gasteiger partial charge in [0.15, 0.2) is 14.1 Å². The number of hydrogen-bond acceptors (Lipinski definition) is 6. The lowest BCUT2D eigenvalue weighted by molar-refractivity contribution is -0.344. The van der Waals surface area contributed by atoms with Gasteiger partial charge in [-0.1, -0.05) is 65.0 Å². The summed E-state index contributed by atoms with van der Waals surface area (Å²) in [6, 6.07) is 10.1. The first kappa shape index (κ1) is 30.3. The SMILES string of the molecule is CC[C@H](C[C@H]1CCC[C@@]2(C[C@H](OC(C)=O)[C@H](C)[C@H](COCc3ccccc3)O2)O1)O[Si](C)(C)C(C)(C)C. The lowest BCUT2D eigenvalue weighted by Crippen LogP contribution is -2.57. The molecule has 2 aliphatic heterocycles. The molecule has 6 atom stereocenters. The first-order chi connectivity index (χ1) is 17.3. The van der Waals surface area contributed by atoms with Crippen molar-refractivity contribution < 1.29 is 28.2 Å². The van der Waals surface area contributed by atoms with Crippen molar-refractivity contribution in [3.8, 4) is 0 Å².